The molecule has 0 N–H and O–H groups in total. The zero-order valence-corrected chi connectivity index (χ0v) is 13.6. The van der Waals surface area contributed by atoms with Gasteiger partial charge in [-0.2, -0.15) is 0 Å². The van der Waals surface area contributed by atoms with Crippen LogP contribution >= 0.6 is 23.5 Å². The Bertz CT molecular complexity index is 306. The molecule has 0 aliphatic rings. The van der Waals surface area contributed by atoms with Crippen molar-refractivity contribution in [1.29, 1.82) is 0 Å². The van der Waals surface area contributed by atoms with Crippen LogP contribution in [0.3, 0.4) is 0 Å². The molecule has 0 aliphatic heterocycles. The van der Waals surface area contributed by atoms with E-state index in [0.29, 0.717) is 0 Å². The summed E-state index contributed by atoms with van der Waals surface area (Å²) in [6.45, 7) is 6.76. The van der Waals surface area contributed by atoms with Gasteiger partial charge in [-0.1, -0.05) is 33.6 Å². The lowest BCUT2D eigenvalue weighted by Gasteiger charge is -2.08. The molecule has 0 aliphatic carbocycles. The van der Waals surface area contributed by atoms with Crippen LogP contribution in [0.1, 0.15) is 52.0 Å². The molecule has 1 aromatic rings. The molecular formula is C16H26S2. The molecule has 2 heteroatoms. The minimum atomic E-state index is 1.14. The maximum absolute atomic E-state index is 2.37. The van der Waals surface area contributed by atoms with Crippen LogP contribution in [0, 0.1) is 0 Å². The summed E-state index contributed by atoms with van der Waals surface area (Å²) in [6.07, 6.45) is 6.36. The fraction of sp³-hybridized carbons (Fsp3) is 0.625. The van der Waals surface area contributed by atoms with E-state index in [2.05, 4.69) is 39.0 Å². The molecule has 1 rings (SSSR count). The van der Waals surface area contributed by atoms with Crippen molar-refractivity contribution in [3.8, 4) is 0 Å². The first-order valence-corrected chi connectivity index (χ1v) is 9.16. The van der Waals surface area contributed by atoms with E-state index in [1.165, 1.54) is 52.5 Å². The van der Waals surface area contributed by atoms with Gasteiger partial charge in [0.2, 0.25) is 0 Å². The summed E-state index contributed by atoms with van der Waals surface area (Å²) in [5.41, 5.74) is 1.48. The van der Waals surface area contributed by atoms with E-state index < -0.39 is 0 Å². The molecule has 0 nitrogen and oxygen atoms in total. The van der Waals surface area contributed by atoms with Crippen LogP contribution in [0.5, 0.6) is 0 Å². The highest BCUT2D eigenvalue weighted by molar-refractivity contribution is 8.00. The molecule has 102 valence electrons. The number of hydrogen-bond donors (Lipinski definition) is 0. The first-order valence-electron chi connectivity index (χ1n) is 7.19. The largest absolute Gasteiger partial charge is 0.126 e. The van der Waals surface area contributed by atoms with E-state index >= 15 is 0 Å². The van der Waals surface area contributed by atoms with E-state index in [9.17, 15) is 0 Å². The second-order valence-electron chi connectivity index (χ2n) is 4.57. The van der Waals surface area contributed by atoms with Crippen LogP contribution in [0.2, 0.25) is 0 Å². The van der Waals surface area contributed by atoms with Crippen LogP contribution in [0.25, 0.3) is 0 Å². The number of aryl methyl sites for hydroxylation is 1. The fourth-order valence-corrected chi connectivity index (χ4v) is 3.97. The molecule has 0 aromatic heterocycles. The van der Waals surface area contributed by atoms with Gasteiger partial charge in [0.25, 0.3) is 0 Å². The van der Waals surface area contributed by atoms with Crippen LogP contribution < -0.4 is 0 Å². The van der Waals surface area contributed by atoms with Gasteiger partial charge >= 0.3 is 0 Å². The van der Waals surface area contributed by atoms with Gasteiger partial charge in [-0.25, -0.2) is 0 Å². The molecule has 0 bridgehead atoms. The molecule has 0 saturated carbocycles. The molecule has 0 fully saturated rings. The van der Waals surface area contributed by atoms with Crippen molar-refractivity contribution >= 4 is 23.5 Å². The third kappa shape index (κ3) is 6.19. The van der Waals surface area contributed by atoms with Gasteiger partial charge in [-0.15, -0.1) is 23.5 Å². The Morgan fingerprint density at radius 1 is 0.778 bits per heavy atom. The van der Waals surface area contributed by atoms with E-state index in [1.54, 1.807) is 0 Å². The Morgan fingerprint density at radius 3 is 1.67 bits per heavy atom. The van der Waals surface area contributed by atoms with Gasteiger partial charge in [0.1, 0.15) is 0 Å². The number of thioether (sulfide) groups is 2. The third-order valence-electron chi connectivity index (χ3n) is 2.88. The van der Waals surface area contributed by atoms with E-state index in [0.717, 1.165) is 6.42 Å². The maximum atomic E-state index is 2.37. The van der Waals surface area contributed by atoms with Crippen LogP contribution in [0.4, 0.5) is 0 Å². The summed E-state index contributed by atoms with van der Waals surface area (Å²) in [7, 11) is 0. The SMILES string of the molecule is CCCCSc1cc(CC)cc(SCCCC)c1. The van der Waals surface area contributed by atoms with Crippen molar-refractivity contribution in [3.63, 3.8) is 0 Å². The Kier molecular flexibility index (Phi) is 8.70. The quantitative estimate of drug-likeness (QED) is 0.400. The van der Waals surface area contributed by atoms with Crippen molar-refractivity contribution in [2.75, 3.05) is 11.5 Å². The Labute approximate surface area is 121 Å². The van der Waals surface area contributed by atoms with E-state index in [-0.39, 0.29) is 0 Å². The number of rotatable bonds is 9. The molecule has 0 amide bonds. The predicted molar refractivity (Wildman–Crippen MR) is 87.1 cm³/mol. The lowest BCUT2D eigenvalue weighted by Crippen LogP contribution is -1.87. The van der Waals surface area contributed by atoms with Crippen molar-refractivity contribution in [2.24, 2.45) is 0 Å². The molecule has 0 radical (unpaired) electrons. The van der Waals surface area contributed by atoms with Crippen molar-refractivity contribution in [3.05, 3.63) is 23.8 Å². The summed E-state index contributed by atoms with van der Waals surface area (Å²) in [5, 5.41) is 0. The molecule has 0 spiro atoms. The van der Waals surface area contributed by atoms with Gasteiger partial charge in [0.15, 0.2) is 0 Å². The zero-order valence-electron chi connectivity index (χ0n) is 12.0. The van der Waals surface area contributed by atoms with Crippen LogP contribution in [-0.4, -0.2) is 11.5 Å². The van der Waals surface area contributed by atoms with Gasteiger partial charge in [0.05, 0.1) is 0 Å². The first kappa shape index (κ1) is 16.0. The van der Waals surface area contributed by atoms with Gasteiger partial charge in [-0.05, 0) is 54.5 Å². The summed E-state index contributed by atoms with van der Waals surface area (Å²) in [4.78, 5) is 2.92. The monoisotopic (exact) mass is 282 g/mol. The Morgan fingerprint density at radius 2 is 1.28 bits per heavy atom. The minimum Gasteiger partial charge on any atom is -0.126 e. The highest BCUT2D eigenvalue weighted by Gasteiger charge is 2.02. The normalized spacial score (nSPS) is 10.8. The maximum Gasteiger partial charge on any atom is 0.00858 e. The smallest absolute Gasteiger partial charge is 0.00858 e. The highest BCUT2D eigenvalue weighted by Crippen LogP contribution is 2.28. The second-order valence-corrected chi connectivity index (χ2v) is 6.91. The first-order chi connectivity index (χ1) is 8.80. The van der Waals surface area contributed by atoms with Crippen molar-refractivity contribution < 1.29 is 0 Å². The molecule has 0 atom stereocenters. The topological polar surface area (TPSA) is 0 Å². The number of hydrogen-bond acceptors (Lipinski definition) is 2. The number of unbranched alkanes of at least 4 members (excludes halogenated alkanes) is 2. The van der Waals surface area contributed by atoms with E-state index in [4.69, 9.17) is 0 Å². The van der Waals surface area contributed by atoms with Crippen LogP contribution in [-0.2, 0) is 6.42 Å². The lowest BCUT2D eigenvalue weighted by molar-refractivity contribution is 0.895. The zero-order chi connectivity index (χ0) is 13.2. The average molecular weight is 283 g/mol. The lowest BCUT2D eigenvalue weighted by atomic mass is 10.2. The van der Waals surface area contributed by atoms with Crippen LogP contribution in [0.15, 0.2) is 28.0 Å². The molecule has 1 aromatic carbocycles. The summed E-state index contributed by atoms with van der Waals surface area (Å²) < 4.78 is 0. The van der Waals surface area contributed by atoms with Crippen molar-refractivity contribution in [1.82, 2.24) is 0 Å². The van der Waals surface area contributed by atoms with Crippen molar-refractivity contribution in [2.45, 2.75) is 62.7 Å². The standard InChI is InChI=1S/C16H26S2/c1-4-7-9-17-15-11-14(6-3)12-16(13-15)18-10-8-5-2/h11-13H,4-10H2,1-3H3. The van der Waals surface area contributed by atoms with Gasteiger partial charge in [-0.3, -0.25) is 0 Å². The molecule has 0 heterocycles. The third-order valence-corrected chi connectivity index (χ3v) is 5.00. The summed E-state index contributed by atoms with van der Waals surface area (Å²) in [6, 6.07) is 7.11. The second kappa shape index (κ2) is 9.80. The number of benzene rings is 1. The highest BCUT2D eigenvalue weighted by atomic mass is 32.2. The Hall–Kier alpha value is -0.0800. The fourth-order valence-electron chi connectivity index (χ4n) is 1.67. The predicted octanol–water partition coefficient (Wildman–Crippen LogP) is 6.03. The average Bonchev–Trinajstić information content (AvgIpc) is 2.39. The molecule has 0 unspecified atom stereocenters. The Balaban J connectivity index is 2.62. The summed E-state index contributed by atoms with van der Waals surface area (Å²) in [5.74, 6) is 2.51. The summed E-state index contributed by atoms with van der Waals surface area (Å²) >= 11 is 4.03. The van der Waals surface area contributed by atoms with Gasteiger partial charge < -0.3 is 0 Å². The molecule has 0 saturated heterocycles. The molecular weight excluding hydrogens is 256 g/mol. The molecule has 18 heavy (non-hydrogen) atoms. The van der Waals surface area contributed by atoms with Gasteiger partial charge in [0, 0.05) is 9.79 Å². The minimum absolute atomic E-state index is 1.14. The van der Waals surface area contributed by atoms with E-state index in [1.807, 2.05) is 23.5 Å².